The van der Waals surface area contributed by atoms with E-state index >= 15 is 0 Å². The van der Waals surface area contributed by atoms with Crippen LogP contribution < -0.4 is 4.90 Å². The molecule has 5 rings (SSSR count). The third kappa shape index (κ3) is 4.44. The maximum atomic E-state index is 11.8. The topological polar surface area (TPSA) is 109 Å². The highest BCUT2D eigenvalue weighted by Crippen LogP contribution is 2.25. The molecule has 3 aromatic rings. The number of rotatable bonds is 5. The van der Waals surface area contributed by atoms with Gasteiger partial charge in [-0.05, 0) is 0 Å². The fourth-order valence-electron chi connectivity index (χ4n) is 4.12. The molecule has 2 fully saturated rings. The fourth-order valence-corrected chi connectivity index (χ4v) is 4.94. The van der Waals surface area contributed by atoms with E-state index in [4.69, 9.17) is 14.7 Å². The Hall–Kier alpha value is -2.67. The number of sulfonamides is 1. The molecular weight excluding hydrogens is 432 g/mol. The van der Waals surface area contributed by atoms with Crippen LogP contribution in [0.1, 0.15) is 5.69 Å². The summed E-state index contributed by atoms with van der Waals surface area (Å²) in [5.41, 5.74) is 3.36. The van der Waals surface area contributed by atoms with Crippen molar-refractivity contribution in [2.45, 2.75) is 6.54 Å². The van der Waals surface area contributed by atoms with Gasteiger partial charge in [0.15, 0.2) is 11.5 Å². The number of nitrogens with zero attached hydrogens (tertiary/aromatic N) is 8. The van der Waals surface area contributed by atoms with Gasteiger partial charge < -0.3 is 14.0 Å². The Balaban J connectivity index is 1.44. The Morgan fingerprint density at radius 1 is 0.969 bits per heavy atom. The smallest absolute Gasteiger partial charge is 0.211 e. The number of anilines is 1. The van der Waals surface area contributed by atoms with E-state index in [9.17, 15) is 8.42 Å². The zero-order valence-electron chi connectivity index (χ0n) is 18.0. The molecule has 0 unspecified atom stereocenters. The van der Waals surface area contributed by atoms with E-state index in [1.54, 1.807) is 12.4 Å². The first-order valence-electron chi connectivity index (χ1n) is 10.6. The number of fused-ring (bicyclic) bond motifs is 1. The van der Waals surface area contributed by atoms with Crippen molar-refractivity contribution < 1.29 is 13.2 Å². The van der Waals surface area contributed by atoms with Crippen molar-refractivity contribution in [3.8, 4) is 11.3 Å². The van der Waals surface area contributed by atoms with Gasteiger partial charge in [-0.15, -0.1) is 0 Å². The SMILES string of the molecule is CS(=O)(=O)N1CCN(Cc2cn3cc(-c4cncnc4)nc(N4CCOCC4)c3n2)CC1. The van der Waals surface area contributed by atoms with Crippen molar-refractivity contribution in [2.24, 2.45) is 0 Å². The summed E-state index contributed by atoms with van der Waals surface area (Å²) in [5, 5.41) is 0. The monoisotopic (exact) mass is 458 g/mol. The lowest BCUT2D eigenvalue weighted by molar-refractivity contribution is 0.122. The van der Waals surface area contributed by atoms with Crippen LogP contribution in [0, 0.1) is 0 Å². The lowest BCUT2D eigenvalue weighted by Gasteiger charge is -2.32. The van der Waals surface area contributed by atoms with Gasteiger partial charge in [0.05, 0.1) is 30.9 Å². The van der Waals surface area contributed by atoms with Crippen LogP contribution in [-0.2, 0) is 21.3 Å². The van der Waals surface area contributed by atoms with Crippen molar-refractivity contribution >= 4 is 21.5 Å². The Morgan fingerprint density at radius 2 is 1.69 bits per heavy atom. The molecule has 0 saturated carbocycles. The Morgan fingerprint density at radius 3 is 2.38 bits per heavy atom. The Bertz CT molecular complexity index is 1190. The second-order valence-electron chi connectivity index (χ2n) is 8.08. The maximum absolute atomic E-state index is 11.8. The second kappa shape index (κ2) is 8.70. The molecule has 0 radical (unpaired) electrons. The first-order chi connectivity index (χ1) is 15.5. The highest BCUT2D eigenvalue weighted by atomic mass is 32.2. The van der Waals surface area contributed by atoms with Crippen LogP contribution in [0.25, 0.3) is 16.9 Å². The van der Waals surface area contributed by atoms with Crippen molar-refractivity contribution in [1.82, 2.24) is 33.5 Å². The standard InChI is InChI=1S/C20H26N8O3S/c1-32(29,30)28-4-2-25(3-5-28)12-17-13-27-14-18(16-10-21-15-22-11-16)24-20(19(27)23-17)26-6-8-31-9-7-26/h10-11,13-15H,2-9,12H2,1H3. The molecule has 0 aromatic carbocycles. The van der Waals surface area contributed by atoms with Crippen molar-refractivity contribution in [1.29, 1.82) is 0 Å². The van der Waals surface area contributed by atoms with E-state index in [-0.39, 0.29) is 0 Å². The van der Waals surface area contributed by atoms with Gasteiger partial charge in [0.2, 0.25) is 10.0 Å². The predicted molar refractivity (Wildman–Crippen MR) is 119 cm³/mol. The summed E-state index contributed by atoms with van der Waals surface area (Å²) in [6, 6.07) is 0. The molecule has 32 heavy (non-hydrogen) atoms. The van der Waals surface area contributed by atoms with Crippen molar-refractivity contribution in [2.75, 3.05) is 63.6 Å². The minimum Gasteiger partial charge on any atom is -0.378 e. The molecule has 0 spiro atoms. The van der Waals surface area contributed by atoms with Crippen LogP contribution in [-0.4, -0.2) is 101 Å². The van der Waals surface area contributed by atoms with Crippen molar-refractivity contribution in [3.63, 3.8) is 0 Å². The molecule has 11 nitrogen and oxygen atoms in total. The highest BCUT2D eigenvalue weighted by molar-refractivity contribution is 7.88. The summed E-state index contributed by atoms with van der Waals surface area (Å²) in [7, 11) is -3.14. The van der Waals surface area contributed by atoms with Crippen LogP contribution in [0.2, 0.25) is 0 Å². The molecule has 0 aliphatic carbocycles. The number of morpholine rings is 1. The van der Waals surface area contributed by atoms with Gasteiger partial charge in [0, 0.05) is 76.2 Å². The minimum atomic E-state index is -3.14. The average Bonchev–Trinajstić information content (AvgIpc) is 3.21. The summed E-state index contributed by atoms with van der Waals surface area (Å²) in [5.74, 6) is 0.822. The molecule has 2 aliphatic heterocycles. The number of hydrogen-bond donors (Lipinski definition) is 0. The lowest BCUT2D eigenvalue weighted by atomic mass is 10.2. The van der Waals surface area contributed by atoms with E-state index in [1.165, 1.54) is 16.9 Å². The largest absolute Gasteiger partial charge is 0.378 e. The minimum absolute atomic E-state index is 0.505. The van der Waals surface area contributed by atoms with E-state index in [0.29, 0.717) is 45.9 Å². The molecule has 2 aliphatic rings. The van der Waals surface area contributed by atoms with Gasteiger partial charge in [0.1, 0.15) is 6.33 Å². The number of hydrogen-bond acceptors (Lipinski definition) is 9. The molecule has 5 heterocycles. The number of ether oxygens (including phenoxy) is 1. The maximum Gasteiger partial charge on any atom is 0.211 e. The number of aromatic nitrogens is 5. The molecule has 3 aromatic heterocycles. The summed E-state index contributed by atoms with van der Waals surface area (Å²) < 4.78 is 32.6. The second-order valence-corrected chi connectivity index (χ2v) is 10.1. The fraction of sp³-hybridized carbons (Fsp3) is 0.500. The lowest BCUT2D eigenvalue weighted by Crippen LogP contribution is -2.47. The Labute approximate surface area is 186 Å². The summed E-state index contributed by atoms with van der Waals surface area (Å²) in [6.07, 6.45) is 10.3. The summed E-state index contributed by atoms with van der Waals surface area (Å²) >= 11 is 0. The third-order valence-electron chi connectivity index (χ3n) is 5.82. The van der Waals surface area contributed by atoms with Gasteiger partial charge in [0.25, 0.3) is 0 Å². The van der Waals surface area contributed by atoms with Crippen LogP contribution in [0.15, 0.2) is 31.1 Å². The Kier molecular flexibility index (Phi) is 5.76. The summed E-state index contributed by atoms with van der Waals surface area (Å²) in [4.78, 5) is 22.5. The molecule has 170 valence electrons. The summed E-state index contributed by atoms with van der Waals surface area (Å²) in [6.45, 7) is 5.86. The molecule has 0 atom stereocenters. The van der Waals surface area contributed by atoms with E-state index in [2.05, 4.69) is 19.8 Å². The average molecular weight is 459 g/mol. The molecule has 0 amide bonds. The van der Waals surface area contributed by atoms with Crippen LogP contribution >= 0.6 is 0 Å². The van der Waals surface area contributed by atoms with Gasteiger partial charge in [-0.2, -0.15) is 4.31 Å². The van der Waals surface area contributed by atoms with Crippen LogP contribution in [0.5, 0.6) is 0 Å². The molecular formula is C20H26N8O3S. The highest BCUT2D eigenvalue weighted by Gasteiger charge is 2.25. The number of piperazine rings is 1. The first-order valence-corrected chi connectivity index (χ1v) is 12.5. The van der Waals surface area contributed by atoms with Gasteiger partial charge in [-0.1, -0.05) is 0 Å². The van der Waals surface area contributed by atoms with Gasteiger partial charge >= 0.3 is 0 Å². The normalized spacial score (nSPS) is 19.0. The third-order valence-corrected chi connectivity index (χ3v) is 7.13. The van der Waals surface area contributed by atoms with E-state index in [1.807, 2.05) is 16.8 Å². The van der Waals surface area contributed by atoms with E-state index < -0.39 is 10.0 Å². The first kappa shape index (κ1) is 21.2. The van der Waals surface area contributed by atoms with Gasteiger partial charge in [-0.3, -0.25) is 4.90 Å². The van der Waals surface area contributed by atoms with Crippen molar-refractivity contribution in [3.05, 3.63) is 36.8 Å². The molecule has 2 saturated heterocycles. The number of imidazole rings is 1. The van der Waals surface area contributed by atoms with Gasteiger partial charge in [-0.25, -0.2) is 28.4 Å². The van der Waals surface area contributed by atoms with E-state index in [0.717, 1.165) is 41.5 Å². The molecule has 12 heteroatoms. The molecule has 0 bridgehead atoms. The molecule has 0 N–H and O–H groups in total. The zero-order chi connectivity index (χ0) is 22.1. The van der Waals surface area contributed by atoms with Crippen LogP contribution in [0.3, 0.4) is 0 Å². The zero-order valence-corrected chi connectivity index (χ0v) is 18.8. The quantitative estimate of drug-likeness (QED) is 0.526. The predicted octanol–water partition coefficient (Wildman–Crippen LogP) is 0.100. The van der Waals surface area contributed by atoms with Crippen LogP contribution in [0.4, 0.5) is 5.82 Å².